The van der Waals surface area contributed by atoms with Crippen LogP contribution in [-0.2, 0) is 11.2 Å². The summed E-state index contributed by atoms with van der Waals surface area (Å²) in [6.45, 7) is 4.40. The van der Waals surface area contributed by atoms with Gasteiger partial charge in [-0.25, -0.2) is 0 Å². The van der Waals surface area contributed by atoms with Gasteiger partial charge in [-0.1, -0.05) is 26.0 Å². The van der Waals surface area contributed by atoms with Crippen LogP contribution in [0.5, 0.6) is 0 Å². The van der Waals surface area contributed by atoms with Crippen molar-refractivity contribution in [3.05, 3.63) is 59.4 Å². The number of benzene rings is 1. The van der Waals surface area contributed by atoms with E-state index in [2.05, 4.69) is 48.4 Å². The molecule has 0 aliphatic carbocycles. The zero-order valence-corrected chi connectivity index (χ0v) is 13.0. The molecular weight excluding hydrogens is 272 g/mol. The highest BCUT2D eigenvalue weighted by Crippen LogP contribution is 2.31. The third-order valence-electron chi connectivity index (χ3n) is 3.96. The first kappa shape index (κ1) is 14.5. The maximum absolute atomic E-state index is 11.5. The summed E-state index contributed by atoms with van der Waals surface area (Å²) in [6.07, 6.45) is 7.24. The van der Waals surface area contributed by atoms with Crippen LogP contribution in [0, 0.1) is 5.92 Å². The number of nitrogens with one attached hydrogen (secondary N) is 1. The van der Waals surface area contributed by atoms with Crippen molar-refractivity contribution >= 4 is 23.2 Å². The van der Waals surface area contributed by atoms with Crippen LogP contribution < -0.4 is 5.32 Å². The van der Waals surface area contributed by atoms with Gasteiger partial charge in [0, 0.05) is 24.5 Å². The number of carbonyl (C=O) groups excluding carboxylic acids is 1. The molecule has 0 fully saturated rings. The number of aryl methyl sites for hydroxylation is 1. The largest absolute Gasteiger partial charge is 0.326 e. The van der Waals surface area contributed by atoms with E-state index in [1.54, 1.807) is 6.20 Å². The van der Waals surface area contributed by atoms with E-state index in [4.69, 9.17) is 0 Å². The van der Waals surface area contributed by atoms with Gasteiger partial charge in [-0.05, 0) is 58.9 Å². The van der Waals surface area contributed by atoms with Crippen LogP contribution >= 0.6 is 0 Å². The van der Waals surface area contributed by atoms with Crippen molar-refractivity contribution in [3.8, 4) is 0 Å². The van der Waals surface area contributed by atoms with Crippen LogP contribution in [0.25, 0.3) is 11.6 Å². The lowest BCUT2D eigenvalue weighted by atomic mass is 9.90. The Hall–Kier alpha value is -2.42. The van der Waals surface area contributed by atoms with Crippen LogP contribution in [0.3, 0.4) is 0 Å². The van der Waals surface area contributed by atoms with Gasteiger partial charge in [0.25, 0.3) is 0 Å². The van der Waals surface area contributed by atoms with Crippen molar-refractivity contribution in [2.45, 2.75) is 26.7 Å². The quantitative estimate of drug-likeness (QED) is 0.922. The molecular formula is C19H20N2O. The molecule has 0 saturated carbocycles. The van der Waals surface area contributed by atoms with E-state index < -0.39 is 0 Å². The van der Waals surface area contributed by atoms with Gasteiger partial charge in [-0.3, -0.25) is 9.78 Å². The summed E-state index contributed by atoms with van der Waals surface area (Å²) in [7, 11) is 0. The Morgan fingerprint density at radius 3 is 2.86 bits per heavy atom. The standard InChI is InChI=1S/C19H20N2O/c1-13(2)17(10-14-4-3-9-20-12-14)15-5-7-18-16(11-15)6-8-19(22)21-18/h3-5,7,9-13H,6,8H2,1-2H3,(H,21,22)/b17-10-. The van der Waals surface area contributed by atoms with E-state index in [0.717, 1.165) is 17.7 Å². The summed E-state index contributed by atoms with van der Waals surface area (Å²) in [4.78, 5) is 15.6. The van der Waals surface area contributed by atoms with Crippen LogP contribution in [0.1, 0.15) is 37.0 Å². The molecule has 1 N–H and O–H groups in total. The Morgan fingerprint density at radius 1 is 1.27 bits per heavy atom. The number of allylic oxidation sites excluding steroid dienone is 1. The highest BCUT2D eigenvalue weighted by Gasteiger charge is 2.16. The van der Waals surface area contributed by atoms with E-state index in [1.807, 2.05) is 18.3 Å². The van der Waals surface area contributed by atoms with Crippen molar-refractivity contribution in [2.75, 3.05) is 5.32 Å². The maximum Gasteiger partial charge on any atom is 0.224 e. The number of aromatic nitrogens is 1. The normalized spacial score (nSPS) is 14.7. The molecule has 1 aromatic carbocycles. The topological polar surface area (TPSA) is 42.0 Å². The van der Waals surface area contributed by atoms with Crippen molar-refractivity contribution in [1.82, 2.24) is 4.98 Å². The lowest BCUT2D eigenvalue weighted by Gasteiger charge is -2.19. The van der Waals surface area contributed by atoms with E-state index in [9.17, 15) is 4.79 Å². The summed E-state index contributed by atoms with van der Waals surface area (Å²) >= 11 is 0. The van der Waals surface area contributed by atoms with Crippen molar-refractivity contribution < 1.29 is 4.79 Å². The number of fused-ring (bicyclic) bond motifs is 1. The Balaban J connectivity index is 1.99. The van der Waals surface area contributed by atoms with E-state index in [1.165, 1.54) is 16.7 Å². The second-order valence-corrected chi connectivity index (χ2v) is 5.96. The second-order valence-electron chi connectivity index (χ2n) is 5.96. The fourth-order valence-corrected chi connectivity index (χ4v) is 2.79. The van der Waals surface area contributed by atoms with E-state index in [0.29, 0.717) is 12.3 Å². The molecule has 2 aromatic rings. The lowest BCUT2D eigenvalue weighted by Crippen LogP contribution is -2.19. The average molecular weight is 292 g/mol. The molecule has 1 aromatic heterocycles. The number of hydrogen-bond donors (Lipinski definition) is 1. The zero-order chi connectivity index (χ0) is 15.5. The Bertz CT molecular complexity index is 717. The molecule has 3 nitrogen and oxygen atoms in total. The first-order valence-corrected chi connectivity index (χ1v) is 7.68. The minimum absolute atomic E-state index is 0.107. The SMILES string of the molecule is CC(C)/C(=C/c1cccnc1)c1ccc2c(c1)CCC(=O)N2. The molecule has 0 unspecified atom stereocenters. The van der Waals surface area contributed by atoms with Gasteiger partial charge < -0.3 is 5.32 Å². The van der Waals surface area contributed by atoms with Crippen molar-refractivity contribution in [3.63, 3.8) is 0 Å². The molecule has 22 heavy (non-hydrogen) atoms. The van der Waals surface area contributed by atoms with Crippen LogP contribution in [0.2, 0.25) is 0 Å². The van der Waals surface area contributed by atoms with Gasteiger partial charge >= 0.3 is 0 Å². The minimum Gasteiger partial charge on any atom is -0.326 e. The molecule has 3 rings (SSSR count). The molecule has 1 aliphatic heterocycles. The number of hydrogen-bond acceptors (Lipinski definition) is 2. The summed E-state index contributed by atoms with van der Waals surface area (Å²) in [5, 5.41) is 2.94. The van der Waals surface area contributed by atoms with Gasteiger partial charge in [-0.2, -0.15) is 0 Å². The van der Waals surface area contributed by atoms with Crippen LogP contribution in [0.4, 0.5) is 5.69 Å². The molecule has 3 heteroatoms. The third kappa shape index (κ3) is 3.08. The third-order valence-corrected chi connectivity index (χ3v) is 3.96. The number of pyridine rings is 1. The molecule has 0 atom stereocenters. The number of nitrogens with zero attached hydrogens (tertiary/aromatic N) is 1. The van der Waals surface area contributed by atoms with Gasteiger partial charge in [0.05, 0.1) is 0 Å². The number of carbonyl (C=O) groups is 1. The summed E-state index contributed by atoms with van der Waals surface area (Å²) in [5.74, 6) is 0.520. The monoisotopic (exact) mass is 292 g/mol. The van der Waals surface area contributed by atoms with Crippen molar-refractivity contribution in [1.29, 1.82) is 0 Å². The minimum atomic E-state index is 0.107. The highest BCUT2D eigenvalue weighted by molar-refractivity contribution is 5.94. The maximum atomic E-state index is 11.5. The van der Waals surface area contributed by atoms with E-state index in [-0.39, 0.29) is 5.91 Å². The highest BCUT2D eigenvalue weighted by atomic mass is 16.1. The molecule has 112 valence electrons. The predicted octanol–water partition coefficient (Wildman–Crippen LogP) is 4.16. The van der Waals surface area contributed by atoms with Gasteiger partial charge in [-0.15, -0.1) is 0 Å². The Morgan fingerprint density at radius 2 is 2.14 bits per heavy atom. The molecule has 0 bridgehead atoms. The molecule has 2 heterocycles. The van der Waals surface area contributed by atoms with Crippen LogP contribution in [0.15, 0.2) is 42.7 Å². The molecule has 1 aliphatic rings. The number of rotatable bonds is 3. The van der Waals surface area contributed by atoms with Gasteiger partial charge in [0.15, 0.2) is 0 Å². The first-order valence-electron chi connectivity index (χ1n) is 7.68. The molecule has 0 radical (unpaired) electrons. The number of anilines is 1. The lowest BCUT2D eigenvalue weighted by molar-refractivity contribution is -0.116. The second kappa shape index (κ2) is 6.14. The average Bonchev–Trinajstić information content (AvgIpc) is 2.53. The Kier molecular flexibility index (Phi) is 4.05. The fraction of sp³-hybridized carbons (Fsp3) is 0.263. The van der Waals surface area contributed by atoms with Crippen molar-refractivity contribution in [2.24, 2.45) is 5.92 Å². The summed E-state index contributed by atoms with van der Waals surface area (Å²) < 4.78 is 0. The van der Waals surface area contributed by atoms with Gasteiger partial charge in [0.2, 0.25) is 5.91 Å². The first-order chi connectivity index (χ1) is 10.6. The summed E-state index contributed by atoms with van der Waals surface area (Å²) in [6, 6.07) is 10.3. The molecule has 0 spiro atoms. The predicted molar refractivity (Wildman–Crippen MR) is 90.3 cm³/mol. The van der Waals surface area contributed by atoms with E-state index >= 15 is 0 Å². The van der Waals surface area contributed by atoms with Crippen LogP contribution in [-0.4, -0.2) is 10.9 Å². The zero-order valence-electron chi connectivity index (χ0n) is 13.0. The smallest absolute Gasteiger partial charge is 0.224 e. The molecule has 1 amide bonds. The van der Waals surface area contributed by atoms with Gasteiger partial charge in [0.1, 0.15) is 0 Å². The fourth-order valence-electron chi connectivity index (χ4n) is 2.79. The summed E-state index contributed by atoms with van der Waals surface area (Å²) in [5.41, 5.74) is 5.78. The molecule has 0 saturated heterocycles. The Labute approximate surface area is 131 Å². The number of amides is 1.